The minimum atomic E-state index is -0.713. The van der Waals surface area contributed by atoms with E-state index >= 15 is 0 Å². The fraction of sp³-hybridized carbons (Fsp3) is 0.556. The molecule has 1 aliphatic carbocycles. The number of hydrogen-bond acceptors (Lipinski definition) is 4. The highest BCUT2D eigenvalue weighted by atomic mass is 35.5. The van der Waals surface area contributed by atoms with Gasteiger partial charge in [0.05, 0.1) is 0 Å². The van der Waals surface area contributed by atoms with Gasteiger partial charge in [0.2, 0.25) is 0 Å². The zero-order valence-corrected chi connectivity index (χ0v) is 14.3. The van der Waals surface area contributed by atoms with Crippen molar-refractivity contribution in [2.24, 2.45) is 5.92 Å². The fourth-order valence-corrected chi connectivity index (χ4v) is 4.07. The van der Waals surface area contributed by atoms with Crippen LogP contribution in [0.2, 0.25) is 5.02 Å². The number of piperidine rings is 1. The molecule has 24 heavy (non-hydrogen) atoms. The second-order valence-electron chi connectivity index (χ2n) is 6.58. The molecule has 0 aromatic heterocycles. The lowest BCUT2D eigenvalue weighted by Crippen LogP contribution is -2.50. The van der Waals surface area contributed by atoms with E-state index in [2.05, 4.69) is 0 Å². The maximum Gasteiger partial charge on any atom is 0.342 e. The van der Waals surface area contributed by atoms with E-state index in [1.165, 1.54) is 37.5 Å². The van der Waals surface area contributed by atoms with E-state index in [9.17, 15) is 14.7 Å². The molecule has 1 aliphatic heterocycles. The van der Waals surface area contributed by atoms with E-state index in [1.807, 2.05) is 4.90 Å². The smallest absolute Gasteiger partial charge is 0.342 e. The molecule has 130 valence electrons. The number of amides is 1. The van der Waals surface area contributed by atoms with Crippen LogP contribution in [0.25, 0.3) is 0 Å². The molecule has 2 aliphatic rings. The predicted molar refractivity (Wildman–Crippen MR) is 90.1 cm³/mol. The van der Waals surface area contributed by atoms with E-state index in [4.69, 9.17) is 16.3 Å². The summed E-state index contributed by atoms with van der Waals surface area (Å²) in [5.74, 6) is -0.513. The Morgan fingerprint density at radius 1 is 1.21 bits per heavy atom. The van der Waals surface area contributed by atoms with Crippen molar-refractivity contribution in [3.63, 3.8) is 0 Å². The van der Waals surface area contributed by atoms with Gasteiger partial charge < -0.3 is 14.7 Å². The number of likely N-dealkylation sites (tertiary alicyclic amines) is 1. The predicted octanol–water partition coefficient (Wildman–Crippen LogP) is 3.38. The maximum atomic E-state index is 12.5. The van der Waals surface area contributed by atoms with Crippen molar-refractivity contribution >= 4 is 23.5 Å². The van der Waals surface area contributed by atoms with Crippen LogP contribution < -0.4 is 0 Å². The Kier molecular flexibility index (Phi) is 5.29. The molecule has 1 saturated heterocycles. The summed E-state index contributed by atoms with van der Waals surface area (Å²) in [4.78, 5) is 26.4. The van der Waals surface area contributed by atoms with Crippen LogP contribution >= 0.6 is 11.6 Å². The van der Waals surface area contributed by atoms with Gasteiger partial charge in [0.15, 0.2) is 6.61 Å². The summed E-state index contributed by atoms with van der Waals surface area (Å²) in [6.45, 7) is 0.452. The number of esters is 1. The first-order valence-electron chi connectivity index (χ1n) is 8.51. The summed E-state index contributed by atoms with van der Waals surface area (Å²) in [6, 6.07) is 4.46. The maximum absolute atomic E-state index is 12.5. The molecule has 0 spiro atoms. The van der Waals surface area contributed by atoms with E-state index in [0.29, 0.717) is 17.0 Å². The lowest BCUT2D eigenvalue weighted by atomic mass is 9.78. The number of fused-ring (bicyclic) bond motifs is 1. The molecule has 1 aromatic rings. The standard InChI is InChI=1S/C18H22ClNO4/c19-13-7-8-14(16(21)10-13)18(23)24-11-17(22)20-9-3-5-12-4-1-2-6-15(12)20/h7-8,10,12,15,21H,1-6,9,11H2/t12-,15-/m1/s1. The Morgan fingerprint density at radius 2 is 1.96 bits per heavy atom. The number of halogens is 1. The number of carbonyl (C=O) groups is 2. The summed E-state index contributed by atoms with van der Waals surface area (Å²) in [7, 11) is 0. The van der Waals surface area contributed by atoms with Gasteiger partial charge in [-0.25, -0.2) is 4.79 Å². The highest BCUT2D eigenvalue weighted by Gasteiger charge is 2.35. The van der Waals surface area contributed by atoms with Crippen LogP contribution in [-0.2, 0) is 9.53 Å². The van der Waals surface area contributed by atoms with Gasteiger partial charge in [-0.05, 0) is 49.8 Å². The van der Waals surface area contributed by atoms with Gasteiger partial charge in [-0.3, -0.25) is 4.79 Å². The number of phenols is 1. The van der Waals surface area contributed by atoms with Gasteiger partial charge in [0, 0.05) is 17.6 Å². The Labute approximate surface area is 146 Å². The van der Waals surface area contributed by atoms with Crippen molar-refractivity contribution in [3.8, 4) is 5.75 Å². The summed E-state index contributed by atoms with van der Waals surface area (Å²) in [6.07, 6.45) is 6.83. The monoisotopic (exact) mass is 351 g/mol. The van der Waals surface area contributed by atoms with Crippen molar-refractivity contribution in [1.82, 2.24) is 4.90 Å². The summed E-state index contributed by atoms with van der Waals surface area (Å²) < 4.78 is 5.11. The van der Waals surface area contributed by atoms with Gasteiger partial charge >= 0.3 is 5.97 Å². The lowest BCUT2D eigenvalue weighted by Gasteiger charge is -2.44. The number of ether oxygens (including phenoxy) is 1. The third kappa shape index (κ3) is 3.66. The number of carbonyl (C=O) groups excluding carboxylic acids is 2. The molecule has 1 heterocycles. The van der Waals surface area contributed by atoms with E-state index < -0.39 is 5.97 Å². The minimum absolute atomic E-state index is 0.0152. The topological polar surface area (TPSA) is 66.8 Å². The van der Waals surface area contributed by atoms with E-state index in [1.54, 1.807) is 0 Å². The van der Waals surface area contributed by atoms with Crippen molar-refractivity contribution in [2.75, 3.05) is 13.2 Å². The van der Waals surface area contributed by atoms with Crippen LogP contribution in [0.3, 0.4) is 0 Å². The quantitative estimate of drug-likeness (QED) is 0.848. The van der Waals surface area contributed by atoms with Gasteiger partial charge in [0.25, 0.3) is 5.91 Å². The second-order valence-corrected chi connectivity index (χ2v) is 7.02. The zero-order chi connectivity index (χ0) is 17.1. The molecule has 1 amide bonds. The number of benzene rings is 1. The molecule has 2 atom stereocenters. The molecular formula is C18H22ClNO4. The molecular weight excluding hydrogens is 330 g/mol. The number of phenolic OH excluding ortho intramolecular Hbond substituents is 1. The normalized spacial score (nSPS) is 23.5. The van der Waals surface area contributed by atoms with Gasteiger partial charge in [0.1, 0.15) is 11.3 Å². The third-order valence-electron chi connectivity index (χ3n) is 5.07. The first-order chi connectivity index (χ1) is 11.6. The number of aromatic hydroxyl groups is 1. The second kappa shape index (κ2) is 7.43. The number of rotatable bonds is 3. The molecule has 6 heteroatoms. The zero-order valence-electron chi connectivity index (χ0n) is 13.5. The summed E-state index contributed by atoms with van der Waals surface area (Å²) >= 11 is 5.74. The first kappa shape index (κ1) is 17.1. The van der Waals surface area contributed by atoms with Crippen LogP contribution in [0.5, 0.6) is 5.75 Å². The highest BCUT2D eigenvalue weighted by Crippen LogP contribution is 2.35. The average molecular weight is 352 g/mol. The van der Waals surface area contributed by atoms with Crippen molar-refractivity contribution in [1.29, 1.82) is 0 Å². The number of nitrogens with zero attached hydrogens (tertiary/aromatic N) is 1. The molecule has 3 rings (SSSR count). The number of hydrogen-bond donors (Lipinski definition) is 1. The van der Waals surface area contributed by atoms with Crippen molar-refractivity contribution < 1.29 is 19.4 Å². The van der Waals surface area contributed by atoms with Gasteiger partial charge in [-0.15, -0.1) is 0 Å². The molecule has 2 fully saturated rings. The van der Waals surface area contributed by atoms with E-state index in [-0.39, 0.29) is 23.8 Å². The van der Waals surface area contributed by atoms with Crippen molar-refractivity contribution in [3.05, 3.63) is 28.8 Å². The van der Waals surface area contributed by atoms with E-state index in [0.717, 1.165) is 25.8 Å². The minimum Gasteiger partial charge on any atom is -0.507 e. The molecule has 5 nitrogen and oxygen atoms in total. The lowest BCUT2D eigenvalue weighted by molar-refractivity contribution is -0.140. The average Bonchev–Trinajstić information content (AvgIpc) is 2.59. The fourth-order valence-electron chi connectivity index (χ4n) is 3.90. The highest BCUT2D eigenvalue weighted by molar-refractivity contribution is 6.30. The summed E-state index contributed by atoms with van der Waals surface area (Å²) in [5, 5.41) is 10.1. The Balaban J connectivity index is 1.59. The molecule has 0 bridgehead atoms. The van der Waals surface area contributed by atoms with Crippen LogP contribution in [-0.4, -0.2) is 41.1 Å². The van der Waals surface area contributed by atoms with Crippen LogP contribution in [0, 0.1) is 5.92 Å². The van der Waals surface area contributed by atoms with Crippen molar-refractivity contribution in [2.45, 2.75) is 44.6 Å². The SMILES string of the molecule is O=C(OCC(=O)N1CCC[C@H]2CCCC[C@H]21)c1ccc(Cl)cc1O. The largest absolute Gasteiger partial charge is 0.507 e. The Morgan fingerprint density at radius 3 is 2.75 bits per heavy atom. The molecule has 1 saturated carbocycles. The first-order valence-corrected chi connectivity index (χ1v) is 8.89. The third-order valence-corrected chi connectivity index (χ3v) is 5.31. The molecule has 0 unspecified atom stereocenters. The molecule has 1 N–H and O–H groups in total. The molecule has 0 radical (unpaired) electrons. The van der Waals surface area contributed by atoms with Crippen LogP contribution in [0.1, 0.15) is 48.9 Å². The summed E-state index contributed by atoms with van der Waals surface area (Å²) in [5.41, 5.74) is 0.0152. The van der Waals surface area contributed by atoms with Gasteiger partial charge in [-0.1, -0.05) is 24.4 Å². The Hall–Kier alpha value is -1.75. The van der Waals surface area contributed by atoms with Crippen LogP contribution in [0.15, 0.2) is 18.2 Å². The Bertz CT molecular complexity index is 631. The van der Waals surface area contributed by atoms with Crippen LogP contribution in [0.4, 0.5) is 0 Å². The molecule has 1 aromatic carbocycles. The van der Waals surface area contributed by atoms with Gasteiger partial charge in [-0.2, -0.15) is 0 Å².